The molecule has 0 bridgehead atoms. The van der Waals surface area contributed by atoms with Gasteiger partial charge in [-0.1, -0.05) is 6.08 Å². The van der Waals surface area contributed by atoms with Gasteiger partial charge in [-0.15, -0.1) is 0 Å². The Hall–Kier alpha value is -0.860. The van der Waals surface area contributed by atoms with Gasteiger partial charge in [0, 0.05) is 0 Å². The summed E-state index contributed by atoms with van der Waals surface area (Å²) < 4.78 is 12.4. The molecule has 2 nitrogen and oxygen atoms in total. The van der Waals surface area contributed by atoms with Crippen molar-refractivity contribution in [1.82, 2.24) is 0 Å². The van der Waals surface area contributed by atoms with Crippen molar-refractivity contribution in [1.29, 1.82) is 0 Å². The van der Waals surface area contributed by atoms with Gasteiger partial charge in [-0.3, -0.25) is 4.79 Å². The third-order valence-electron chi connectivity index (χ3n) is 2.93. The van der Waals surface area contributed by atoms with Crippen LogP contribution >= 0.6 is 0 Å². The molecule has 1 fully saturated rings. The third-order valence-corrected chi connectivity index (χ3v) is 2.93. The second kappa shape index (κ2) is 5.13. The maximum atomic E-state index is 12.4. The number of allylic oxidation sites excluding steroid dienone is 2. The van der Waals surface area contributed by atoms with E-state index in [0.29, 0.717) is 5.92 Å². The van der Waals surface area contributed by atoms with Crippen molar-refractivity contribution in [2.75, 3.05) is 0 Å². The highest BCUT2D eigenvalue weighted by Crippen LogP contribution is 2.31. The third kappa shape index (κ3) is 3.48. The van der Waals surface area contributed by atoms with E-state index in [1.54, 1.807) is 6.08 Å². The summed E-state index contributed by atoms with van der Waals surface area (Å²) in [5.41, 5.74) is 0. The number of aliphatic carboxylic acids is 1. The Kier molecular flexibility index (Phi) is 4.11. The number of hydrogen-bond acceptors (Lipinski definition) is 1. The lowest BCUT2D eigenvalue weighted by Crippen LogP contribution is -2.21. The summed E-state index contributed by atoms with van der Waals surface area (Å²) in [6.07, 6.45) is 5.69. The van der Waals surface area contributed by atoms with Gasteiger partial charge < -0.3 is 5.11 Å². The van der Waals surface area contributed by atoms with Crippen LogP contribution in [0.3, 0.4) is 0 Å². The van der Waals surface area contributed by atoms with Gasteiger partial charge in [-0.2, -0.15) is 0 Å². The van der Waals surface area contributed by atoms with Crippen molar-refractivity contribution in [2.45, 2.75) is 39.0 Å². The van der Waals surface area contributed by atoms with E-state index in [9.17, 15) is 9.18 Å². The fraction of sp³-hybridized carbons (Fsp3) is 0.727. The van der Waals surface area contributed by atoms with Crippen LogP contribution in [-0.2, 0) is 4.79 Å². The van der Waals surface area contributed by atoms with Crippen LogP contribution in [0.15, 0.2) is 11.9 Å². The van der Waals surface area contributed by atoms with Crippen molar-refractivity contribution in [3.8, 4) is 0 Å². The van der Waals surface area contributed by atoms with Crippen LogP contribution < -0.4 is 0 Å². The van der Waals surface area contributed by atoms with Gasteiger partial charge in [0.2, 0.25) is 0 Å². The summed E-state index contributed by atoms with van der Waals surface area (Å²) in [4.78, 5) is 10.7. The minimum atomic E-state index is -0.680. The molecule has 14 heavy (non-hydrogen) atoms. The molecule has 0 saturated heterocycles. The summed E-state index contributed by atoms with van der Waals surface area (Å²) in [6.45, 7) is 1.45. The molecule has 0 amide bonds. The van der Waals surface area contributed by atoms with Gasteiger partial charge in [0.25, 0.3) is 0 Å². The molecule has 0 aliphatic heterocycles. The SMILES string of the molecule is C/C(F)=C/C[C@H]1CC[C@H](C(=O)O)CC1. The minimum Gasteiger partial charge on any atom is -0.481 e. The first-order chi connectivity index (χ1) is 6.59. The smallest absolute Gasteiger partial charge is 0.306 e. The molecule has 1 N–H and O–H groups in total. The number of carboxylic acid groups (broad SMARTS) is 1. The molecule has 0 spiro atoms. The predicted molar refractivity (Wildman–Crippen MR) is 52.6 cm³/mol. The number of halogens is 1. The van der Waals surface area contributed by atoms with Gasteiger partial charge in [0.15, 0.2) is 0 Å². The molecule has 1 aliphatic rings. The largest absolute Gasteiger partial charge is 0.481 e. The number of rotatable bonds is 3. The summed E-state index contributed by atoms with van der Waals surface area (Å²) in [5, 5.41) is 8.77. The topological polar surface area (TPSA) is 37.3 Å². The lowest BCUT2D eigenvalue weighted by atomic mass is 9.80. The number of carboxylic acids is 1. The van der Waals surface area contributed by atoms with Crippen molar-refractivity contribution >= 4 is 5.97 Å². The molecule has 3 heteroatoms. The highest BCUT2D eigenvalue weighted by Gasteiger charge is 2.25. The number of hydrogen-bond donors (Lipinski definition) is 1. The van der Waals surface area contributed by atoms with Crippen LogP contribution in [0.4, 0.5) is 4.39 Å². The van der Waals surface area contributed by atoms with Crippen LogP contribution in [0.25, 0.3) is 0 Å². The highest BCUT2D eigenvalue weighted by molar-refractivity contribution is 5.69. The fourth-order valence-corrected chi connectivity index (χ4v) is 1.97. The maximum absolute atomic E-state index is 12.4. The van der Waals surface area contributed by atoms with Gasteiger partial charge >= 0.3 is 5.97 Å². The van der Waals surface area contributed by atoms with Crippen molar-refractivity contribution in [3.05, 3.63) is 11.9 Å². The lowest BCUT2D eigenvalue weighted by Gasteiger charge is -2.24. The van der Waals surface area contributed by atoms with Crippen LogP contribution in [0.2, 0.25) is 0 Å². The molecule has 0 unspecified atom stereocenters. The summed E-state index contributed by atoms with van der Waals surface area (Å²) in [5.74, 6) is -0.496. The molecule has 0 aromatic heterocycles. The van der Waals surface area contributed by atoms with Gasteiger partial charge in [-0.05, 0) is 44.9 Å². The van der Waals surface area contributed by atoms with Crippen molar-refractivity contribution < 1.29 is 14.3 Å². The van der Waals surface area contributed by atoms with E-state index >= 15 is 0 Å². The standard InChI is InChI=1S/C11H17FO2/c1-8(12)2-3-9-4-6-10(7-5-9)11(13)14/h2,9-10H,3-7H2,1H3,(H,13,14)/b8-2-/t9-,10-. The molecule has 0 aromatic carbocycles. The van der Waals surface area contributed by atoms with E-state index in [1.165, 1.54) is 6.92 Å². The first-order valence-corrected chi connectivity index (χ1v) is 5.14. The molecule has 1 aliphatic carbocycles. The summed E-state index contributed by atoms with van der Waals surface area (Å²) >= 11 is 0. The zero-order valence-electron chi connectivity index (χ0n) is 8.50. The van der Waals surface area contributed by atoms with E-state index < -0.39 is 5.97 Å². The minimum absolute atomic E-state index is 0.134. The van der Waals surface area contributed by atoms with Crippen molar-refractivity contribution in [2.24, 2.45) is 11.8 Å². The van der Waals surface area contributed by atoms with Gasteiger partial charge in [-0.25, -0.2) is 4.39 Å². The molecule has 0 heterocycles. The molecular formula is C11H17FO2. The Bertz CT molecular complexity index is 223. The van der Waals surface area contributed by atoms with E-state index in [1.807, 2.05) is 0 Å². The van der Waals surface area contributed by atoms with Gasteiger partial charge in [0.05, 0.1) is 11.7 Å². The molecule has 0 radical (unpaired) electrons. The molecule has 0 aromatic rings. The molecular weight excluding hydrogens is 183 g/mol. The molecule has 1 rings (SSSR count). The molecule has 80 valence electrons. The first-order valence-electron chi connectivity index (χ1n) is 5.14. The Morgan fingerprint density at radius 1 is 1.43 bits per heavy atom. The second-order valence-corrected chi connectivity index (χ2v) is 4.08. The summed E-state index contributed by atoms with van der Waals surface area (Å²) in [6, 6.07) is 0. The van der Waals surface area contributed by atoms with Gasteiger partial charge in [0.1, 0.15) is 0 Å². The zero-order valence-corrected chi connectivity index (χ0v) is 8.50. The van der Waals surface area contributed by atoms with Crippen LogP contribution in [0.1, 0.15) is 39.0 Å². The van der Waals surface area contributed by atoms with E-state index in [4.69, 9.17) is 5.11 Å². The van der Waals surface area contributed by atoms with Crippen LogP contribution in [0.5, 0.6) is 0 Å². The second-order valence-electron chi connectivity index (χ2n) is 4.08. The van der Waals surface area contributed by atoms with E-state index in [2.05, 4.69) is 0 Å². The first kappa shape index (κ1) is 11.2. The maximum Gasteiger partial charge on any atom is 0.306 e. The Balaban J connectivity index is 2.29. The normalized spacial score (nSPS) is 28.9. The van der Waals surface area contributed by atoms with Crippen molar-refractivity contribution in [3.63, 3.8) is 0 Å². The fourth-order valence-electron chi connectivity index (χ4n) is 1.97. The average molecular weight is 200 g/mol. The molecule has 0 atom stereocenters. The van der Waals surface area contributed by atoms with E-state index in [0.717, 1.165) is 32.1 Å². The Morgan fingerprint density at radius 2 is 2.00 bits per heavy atom. The lowest BCUT2D eigenvalue weighted by molar-refractivity contribution is -0.143. The Labute approximate surface area is 83.8 Å². The average Bonchev–Trinajstić information content (AvgIpc) is 2.15. The Morgan fingerprint density at radius 3 is 2.43 bits per heavy atom. The number of carbonyl (C=O) groups is 1. The summed E-state index contributed by atoms with van der Waals surface area (Å²) in [7, 11) is 0. The predicted octanol–water partition coefficient (Wildman–Crippen LogP) is 3.14. The zero-order chi connectivity index (χ0) is 10.6. The van der Waals surface area contributed by atoms with Crippen LogP contribution in [-0.4, -0.2) is 11.1 Å². The van der Waals surface area contributed by atoms with Crippen LogP contribution in [0, 0.1) is 11.8 Å². The quantitative estimate of drug-likeness (QED) is 0.759. The monoisotopic (exact) mass is 200 g/mol. The molecule has 1 saturated carbocycles. The highest BCUT2D eigenvalue weighted by atomic mass is 19.1. The van der Waals surface area contributed by atoms with E-state index in [-0.39, 0.29) is 11.7 Å².